The van der Waals surface area contributed by atoms with Gasteiger partial charge in [0.25, 0.3) is 0 Å². The van der Waals surface area contributed by atoms with E-state index in [1.807, 2.05) is 39.1 Å². The summed E-state index contributed by atoms with van der Waals surface area (Å²) in [4.78, 5) is 14.7. The number of anilines is 1. The smallest absolute Gasteiger partial charge is 0.351 e. The second-order valence-corrected chi connectivity index (χ2v) is 7.58. The Morgan fingerprint density at radius 2 is 2.00 bits per heavy atom. The molecule has 2 heterocycles. The Bertz CT molecular complexity index is 665. The molecule has 0 saturated heterocycles. The molecule has 2 aromatic heterocycles. The van der Waals surface area contributed by atoms with Gasteiger partial charge in [-0.3, -0.25) is 0 Å². The first-order valence-corrected chi connectivity index (χ1v) is 8.17. The average Bonchev–Trinajstić information content (AvgIpc) is 2.94. The SMILES string of the molecule is COc1csc(-c2sc(C(=O)OC(C)(C)C)c(N)c2C)c1. The van der Waals surface area contributed by atoms with Gasteiger partial charge in [0.1, 0.15) is 16.2 Å². The normalized spacial score (nSPS) is 11.5. The Balaban J connectivity index is 2.38. The highest BCUT2D eigenvalue weighted by Gasteiger charge is 2.25. The molecule has 0 atom stereocenters. The second kappa shape index (κ2) is 5.69. The lowest BCUT2D eigenvalue weighted by atomic mass is 10.2. The van der Waals surface area contributed by atoms with E-state index >= 15 is 0 Å². The van der Waals surface area contributed by atoms with E-state index in [9.17, 15) is 4.79 Å². The lowest BCUT2D eigenvalue weighted by molar-refractivity contribution is 0.00763. The molecule has 4 nitrogen and oxygen atoms in total. The predicted octanol–water partition coefficient (Wildman–Crippen LogP) is 4.33. The maximum Gasteiger partial charge on any atom is 0.351 e. The maximum absolute atomic E-state index is 12.2. The summed E-state index contributed by atoms with van der Waals surface area (Å²) >= 11 is 2.93. The van der Waals surface area contributed by atoms with Crippen molar-refractivity contribution >= 4 is 34.3 Å². The molecule has 0 aliphatic rings. The lowest BCUT2D eigenvalue weighted by Crippen LogP contribution is -2.23. The quantitative estimate of drug-likeness (QED) is 0.853. The molecule has 0 fully saturated rings. The molecule has 114 valence electrons. The van der Waals surface area contributed by atoms with Gasteiger partial charge in [0.2, 0.25) is 0 Å². The van der Waals surface area contributed by atoms with Crippen molar-refractivity contribution in [3.05, 3.63) is 21.9 Å². The number of carbonyl (C=O) groups excluding carboxylic acids is 1. The number of hydrogen-bond donors (Lipinski definition) is 1. The lowest BCUT2D eigenvalue weighted by Gasteiger charge is -2.19. The fourth-order valence-electron chi connectivity index (χ4n) is 1.78. The van der Waals surface area contributed by atoms with Crippen molar-refractivity contribution in [2.75, 3.05) is 12.8 Å². The first-order chi connectivity index (χ1) is 9.73. The Morgan fingerprint density at radius 3 is 2.52 bits per heavy atom. The fourth-order valence-corrected chi connectivity index (χ4v) is 3.92. The van der Waals surface area contributed by atoms with Crippen LogP contribution in [0.2, 0.25) is 0 Å². The van der Waals surface area contributed by atoms with Crippen molar-refractivity contribution in [3.8, 4) is 15.5 Å². The summed E-state index contributed by atoms with van der Waals surface area (Å²) in [6, 6.07) is 1.95. The number of nitrogen functional groups attached to an aromatic ring is 1. The molecular weight excluding hydrogens is 306 g/mol. The average molecular weight is 325 g/mol. The summed E-state index contributed by atoms with van der Waals surface area (Å²) in [7, 11) is 1.63. The summed E-state index contributed by atoms with van der Waals surface area (Å²) in [5, 5.41) is 1.93. The molecule has 2 N–H and O–H groups in total. The Labute approximate surface area is 132 Å². The Kier molecular flexibility index (Phi) is 4.30. The van der Waals surface area contributed by atoms with Gasteiger partial charge in [0.05, 0.1) is 17.7 Å². The van der Waals surface area contributed by atoms with Crippen LogP contribution in [0.25, 0.3) is 9.75 Å². The van der Waals surface area contributed by atoms with Gasteiger partial charge >= 0.3 is 5.97 Å². The number of thiophene rings is 2. The van der Waals surface area contributed by atoms with Crippen molar-refractivity contribution in [3.63, 3.8) is 0 Å². The van der Waals surface area contributed by atoms with Gasteiger partial charge in [-0.05, 0) is 39.3 Å². The third-order valence-electron chi connectivity index (χ3n) is 2.81. The van der Waals surface area contributed by atoms with Crippen LogP contribution < -0.4 is 10.5 Å². The molecule has 0 aromatic carbocycles. The van der Waals surface area contributed by atoms with Crippen LogP contribution in [0.3, 0.4) is 0 Å². The topological polar surface area (TPSA) is 61.5 Å². The van der Waals surface area contributed by atoms with Crippen molar-refractivity contribution in [1.82, 2.24) is 0 Å². The second-order valence-electron chi connectivity index (χ2n) is 5.65. The Morgan fingerprint density at radius 1 is 1.33 bits per heavy atom. The predicted molar refractivity (Wildman–Crippen MR) is 88.5 cm³/mol. The largest absolute Gasteiger partial charge is 0.496 e. The van der Waals surface area contributed by atoms with Gasteiger partial charge in [-0.15, -0.1) is 22.7 Å². The van der Waals surface area contributed by atoms with Crippen LogP contribution in [0.4, 0.5) is 5.69 Å². The number of carbonyl (C=O) groups is 1. The molecule has 0 radical (unpaired) electrons. The number of esters is 1. The molecule has 0 aliphatic carbocycles. The molecule has 0 bridgehead atoms. The van der Waals surface area contributed by atoms with E-state index in [2.05, 4.69) is 0 Å². The van der Waals surface area contributed by atoms with E-state index in [-0.39, 0.29) is 5.97 Å². The van der Waals surface area contributed by atoms with E-state index in [1.165, 1.54) is 11.3 Å². The van der Waals surface area contributed by atoms with Crippen LogP contribution in [0, 0.1) is 6.92 Å². The summed E-state index contributed by atoms with van der Waals surface area (Å²) < 4.78 is 10.6. The molecule has 0 unspecified atom stereocenters. The maximum atomic E-state index is 12.2. The van der Waals surface area contributed by atoms with Gasteiger partial charge in [-0.2, -0.15) is 0 Å². The number of nitrogens with two attached hydrogens (primary N) is 1. The van der Waals surface area contributed by atoms with Gasteiger partial charge < -0.3 is 15.2 Å². The van der Waals surface area contributed by atoms with Crippen molar-refractivity contribution < 1.29 is 14.3 Å². The zero-order chi connectivity index (χ0) is 15.8. The van der Waals surface area contributed by atoms with Crippen molar-refractivity contribution in [2.45, 2.75) is 33.3 Å². The third kappa shape index (κ3) is 3.39. The van der Waals surface area contributed by atoms with Gasteiger partial charge in [-0.25, -0.2) is 4.79 Å². The minimum atomic E-state index is -0.534. The molecule has 0 saturated carbocycles. The molecule has 0 spiro atoms. The van der Waals surface area contributed by atoms with Crippen LogP contribution in [-0.4, -0.2) is 18.7 Å². The summed E-state index contributed by atoms with van der Waals surface area (Å²) in [6.45, 7) is 7.44. The monoisotopic (exact) mass is 325 g/mol. The van der Waals surface area contributed by atoms with Crippen LogP contribution >= 0.6 is 22.7 Å². The molecular formula is C15H19NO3S2. The van der Waals surface area contributed by atoms with Gasteiger partial charge in [0, 0.05) is 10.3 Å². The minimum Gasteiger partial charge on any atom is -0.496 e. The summed E-state index contributed by atoms with van der Waals surface area (Å²) in [5.41, 5.74) is 6.95. The number of rotatable bonds is 3. The fraction of sp³-hybridized carbons (Fsp3) is 0.400. The van der Waals surface area contributed by atoms with E-state index in [0.717, 1.165) is 21.1 Å². The van der Waals surface area contributed by atoms with E-state index in [1.54, 1.807) is 18.4 Å². The highest BCUT2D eigenvalue weighted by atomic mass is 32.1. The number of hydrogen-bond acceptors (Lipinski definition) is 6. The molecule has 0 aliphatic heterocycles. The van der Waals surface area contributed by atoms with E-state index in [0.29, 0.717) is 10.6 Å². The minimum absolute atomic E-state index is 0.372. The number of methoxy groups -OCH3 is 1. The molecule has 2 aromatic rings. The Hall–Kier alpha value is -1.53. The van der Waals surface area contributed by atoms with Crippen LogP contribution in [0.1, 0.15) is 36.0 Å². The zero-order valence-electron chi connectivity index (χ0n) is 12.8. The van der Waals surface area contributed by atoms with Crippen LogP contribution in [0.15, 0.2) is 11.4 Å². The van der Waals surface area contributed by atoms with E-state index in [4.69, 9.17) is 15.2 Å². The van der Waals surface area contributed by atoms with Crippen LogP contribution in [-0.2, 0) is 4.74 Å². The summed E-state index contributed by atoms with van der Waals surface area (Å²) in [6.07, 6.45) is 0. The highest BCUT2D eigenvalue weighted by Crippen LogP contribution is 2.42. The molecule has 2 rings (SSSR count). The first kappa shape index (κ1) is 15.9. The number of ether oxygens (including phenoxy) is 2. The molecule has 21 heavy (non-hydrogen) atoms. The molecule has 6 heteroatoms. The first-order valence-electron chi connectivity index (χ1n) is 6.48. The third-order valence-corrected chi connectivity index (χ3v) is 5.19. The van der Waals surface area contributed by atoms with Crippen molar-refractivity contribution in [2.24, 2.45) is 0 Å². The summed E-state index contributed by atoms with van der Waals surface area (Å²) in [5.74, 6) is 0.433. The van der Waals surface area contributed by atoms with Gasteiger partial charge in [-0.1, -0.05) is 0 Å². The van der Waals surface area contributed by atoms with Crippen LogP contribution in [0.5, 0.6) is 5.75 Å². The molecule has 0 amide bonds. The zero-order valence-corrected chi connectivity index (χ0v) is 14.4. The highest BCUT2D eigenvalue weighted by molar-refractivity contribution is 7.23. The van der Waals surface area contributed by atoms with Crippen molar-refractivity contribution in [1.29, 1.82) is 0 Å². The standard InChI is InChI=1S/C15H19NO3S2/c1-8-11(16)13(14(17)19-15(2,3)4)21-12(8)10-6-9(18-5)7-20-10/h6-7H,16H2,1-5H3. The van der Waals surface area contributed by atoms with Gasteiger partial charge in [0.15, 0.2) is 0 Å². The van der Waals surface area contributed by atoms with E-state index < -0.39 is 5.60 Å².